The van der Waals surface area contributed by atoms with E-state index in [0.29, 0.717) is 56.5 Å². The molecular weight excluding hydrogens is 453 g/mol. The van der Waals surface area contributed by atoms with Gasteiger partial charge < -0.3 is 14.7 Å². The van der Waals surface area contributed by atoms with Crippen LogP contribution in [0, 0.1) is 0 Å². The first kappa shape index (κ1) is 23.5. The number of piperidine rings is 1. The van der Waals surface area contributed by atoms with Crippen molar-refractivity contribution in [3.8, 4) is 0 Å². The molecule has 0 bridgehead atoms. The number of fused-ring (bicyclic) bond motifs is 1. The van der Waals surface area contributed by atoms with Crippen LogP contribution in [0.15, 0.2) is 30.6 Å². The van der Waals surface area contributed by atoms with Crippen LogP contribution in [-0.4, -0.2) is 77.7 Å². The molecule has 0 saturated carbocycles. The third kappa shape index (κ3) is 4.91. The van der Waals surface area contributed by atoms with Gasteiger partial charge in [0.1, 0.15) is 18.3 Å². The van der Waals surface area contributed by atoms with Crippen molar-refractivity contribution >= 4 is 23.3 Å². The molecule has 1 amide bonds. The summed E-state index contributed by atoms with van der Waals surface area (Å²) in [6.07, 6.45) is 4.19. The van der Waals surface area contributed by atoms with Crippen molar-refractivity contribution < 1.29 is 9.18 Å². The molecule has 2 aliphatic heterocycles. The highest BCUT2D eigenvalue weighted by molar-refractivity contribution is 6.30. The summed E-state index contributed by atoms with van der Waals surface area (Å²) in [6, 6.07) is 7.60. The largest absolute Gasteiger partial charge is 0.353 e. The Hall–Kier alpha value is -2.25. The van der Waals surface area contributed by atoms with Crippen molar-refractivity contribution in [3.63, 3.8) is 0 Å². The number of anilines is 1. The monoisotopic (exact) mass is 485 g/mol. The molecule has 5 rings (SSSR count). The molecular formula is C26H33ClFN5O. The first-order chi connectivity index (χ1) is 16.5. The average Bonchev–Trinajstić information content (AvgIpc) is 3.25. The zero-order chi connectivity index (χ0) is 23.7. The molecule has 3 aliphatic rings. The minimum absolute atomic E-state index is 0.144. The number of carbonyl (C=O) groups is 1. The van der Waals surface area contributed by atoms with Gasteiger partial charge >= 0.3 is 0 Å². The Kier molecular flexibility index (Phi) is 7.02. The highest BCUT2D eigenvalue weighted by atomic mass is 35.5. The van der Waals surface area contributed by atoms with Crippen molar-refractivity contribution in [2.24, 2.45) is 0 Å². The molecule has 182 valence electrons. The van der Waals surface area contributed by atoms with Gasteiger partial charge in [-0.15, -0.1) is 0 Å². The molecule has 1 unspecified atom stereocenters. The summed E-state index contributed by atoms with van der Waals surface area (Å²) < 4.78 is 13.7. The Morgan fingerprint density at radius 1 is 1.06 bits per heavy atom. The molecule has 34 heavy (non-hydrogen) atoms. The molecule has 2 atom stereocenters. The number of carbonyl (C=O) groups excluding carboxylic acids is 1. The normalized spacial score (nSPS) is 22.6. The molecule has 8 heteroatoms. The summed E-state index contributed by atoms with van der Waals surface area (Å²) >= 11 is 6.11. The lowest BCUT2D eigenvalue weighted by molar-refractivity contribution is -0.133. The molecule has 6 nitrogen and oxygen atoms in total. The lowest BCUT2D eigenvalue weighted by Gasteiger charge is -2.39. The first-order valence-electron chi connectivity index (χ1n) is 12.5. The number of aryl methyl sites for hydroxylation is 1. The SMILES string of the molecule is C[C@@H]1CCc2ncnc(N3CCN(C(=O)C(CN4CCC(F)CC4)c4ccc(Cl)cc4)CC3)c21. The summed E-state index contributed by atoms with van der Waals surface area (Å²) in [7, 11) is 0. The van der Waals surface area contributed by atoms with Gasteiger partial charge in [-0.1, -0.05) is 30.7 Å². The van der Waals surface area contributed by atoms with Crippen molar-refractivity contribution in [1.82, 2.24) is 19.8 Å². The van der Waals surface area contributed by atoms with Gasteiger partial charge in [0, 0.05) is 62.1 Å². The molecule has 3 heterocycles. The van der Waals surface area contributed by atoms with Crippen molar-refractivity contribution in [2.75, 3.05) is 50.7 Å². The van der Waals surface area contributed by atoms with Crippen LogP contribution in [0.5, 0.6) is 0 Å². The minimum atomic E-state index is -0.722. The van der Waals surface area contributed by atoms with E-state index in [9.17, 15) is 9.18 Å². The molecule has 2 aromatic rings. The number of rotatable bonds is 5. The fourth-order valence-corrected chi connectivity index (χ4v) is 5.72. The van der Waals surface area contributed by atoms with Crippen molar-refractivity contribution in [1.29, 1.82) is 0 Å². The Bertz CT molecular complexity index is 1000. The predicted molar refractivity (Wildman–Crippen MR) is 132 cm³/mol. The molecule has 1 aromatic heterocycles. The van der Waals surface area contributed by atoms with E-state index in [1.54, 1.807) is 6.33 Å². The minimum Gasteiger partial charge on any atom is -0.353 e. The summed E-state index contributed by atoms with van der Waals surface area (Å²) in [5.74, 6) is 1.40. The number of benzene rings is 1. The highest BCUT2D eigenvalue weighted by Crippen LogP contribution is 2.37. The van der Waals surface area contributed by atoms with Crippen LogP contribution >= 0.6 is 11.6 Å². The Morgan fingerprint density at radius 2 is 1.76 bits per heavy atom. The summed E-state index contributed by atoms with van der Waals surface area (Å²) in [5, 5.41) is 0.661. The number of nitrogens with zero attached hydrogens (tertiary/aromatic N) is 5. The van der Waals surface area contributed by atoms with E-state index in [2.05, 4.69) is 26.7 Å². The van der Waals surface area contributed by atoms with Crippen LogP contribution < -0.4 is 4.90 Å². The number of hydrogen-bond donors (Lipinski definition) is 0. The zero-order valence-corrected chi connectivity index (χ0v) is 20.6. The van der Waals surface area contributed by atoms with Gasteiger partial charge in [0.15, 0.2) is 0 Å². The molecule has 0 N–H and O–H groups in total. The lowest BCUT2D eigenvalue weighted by atomic mass is 9.95. The van der Waals surface area contributed by atoms with Crippen LogP contribution in [0.4, 0.5) is 10.2 Å². The molecule has 0 radical (unpaired) electrons. The van der Waals surface area contributed by atoms with Gasteiger partial charge in [0.05, 0.1) is 5.92 Å². The number of amides is 1. The number of aromatic nitrogens is 2. The smallest absolute Gasteiger partial charge is 0.231 e. The topological polar surface area (TPSA) is 52.6 Å². The molecule has 1 aromatic carbocycles. The van der Waals surface area contributed by atoms with Gasteiger partial charge in [-0.25, -0.2) is 14.4 Å². The second kappa shape index (κ2) is 10.2. The van der Waals surface area contributed by atoms with Crippen LogP contribution in [0.3, 0.4) is 0 Å². The Morgan fingerprint density at radius 3 is 2.47 bits per heavy atom. The van der Waals surface area contributed by atoms with E-state index in [4.69, 9.17) is 11.6 Å². The maximum atomic E-state index is 13.8. The molecule has 1 aliphatic carbocycles. The third-order valence-electron chi connectivity index (χ3n) is 7.67. The quantitative estimate of drug-likeness (QED) is 0.639. The standard InChI is InChI=1S/C26H33ClFN5O/c1-18-2-7-23-24(18)25(30-17-29-23)32-12-14-33(15-13-32)26(34)22(19-3-5-20(27)6-4-19)16-31-10-8-21(28)9-11-31/h3-6,17-18,21-22H,2,7-16H2,1H3/t18-,22?/m1/s1. The molecule has 2 saturated heterocycles. The third-order valence-corrected chi connectivity index (χ3v) is 7.92. The number of halogens is 2. The van der Waals surface area contributed by atoms with Crippen LogP contribution in [-0.2, 0) is 11.2 Å². The second-order valence-electron chi connectivity index (χ2n) is 9.89. The van der Waals surface area contributed by atoms with Gasteiger partial charge in [0.2, 0.25) is 5.91 Å². The fourth-order valence-electron chi connectivity index (χ4n) is 5.60. The van der Waals surface area contributed by atoms with Crippen LogP contribution in [0.25, 0.3) is 0 Å². The Labute approximate surface area is 206 Å². The zero-order valence-electron chi connectivity index (χ0n) is 19.8. The summed E-state index contributed by atoms with van der Waals surface area (Å²) in [6.45, 7) is 7.13. The van der Waals surface area contributed by atoms with E-state index in [-0.39, 0.29) is 11.8 Å². The van der Waals surface area contributed by atoms with Crippen molar-refractivity contribution in [3.05, 3.63) is 52.4 Å². The molecule has 2 fully saturated rings. The maximum absolute atomic E-state index is 13.8. The summed E-state index contributed by atoms with van der Waals surface area (Å²) in [4.78, 5) is 29.4. The fraction of sp³-hybridized carbons (Fsp3) is 0.577. The first-order valence-corrected chi connectivity index (χ1v) is 12.9. The van der Waals surface area contributed by atoms with E-state index >= 15 is 0 Å². The van der Waals surface area contributed by atoms with Crippen LogP contribution in [0.2, 0.25) is 5.02 Å². The van der Waals surface area contributed by atoms with E-state index in [1.165, 1.54) is 11.3 Å². The lowest BCUT2D eigenvalue weighted by Crippen LogP contribution is -2.52. The second-order valence-corrected chi connectivity index (χ2v) is 10.3. The highest BCUT2D eigenvalue weighted by Gasteiger charge is 2.33. The van der Waals surface area contributed by atoms with E-state index in [0.717, 1.165) is 37.3 Å². The Balaban J connectivity index is 1.29. The number of hydrogen-bond acceptors (Lipinski definition) is 5. The maximum Gasteiger partial charge on any atom is 0.231 e. The number of likely N-dealkylation sites (tertiary alicyclic amines) is 1. The van der Waals surface area contributed by atoms with Gasteiger partial charge in [-0.2, -0.15) is 0 Å². The van der Waals surface area contributed by atoms with Crippen LogP contribution in [0.1, 0.15) is 54.8 Å². The van der Waals surface area contributed by atoms with Gasteiger partial charge in [0.25, 0.3) is 0 Å². The van der Waals surface area contributed by atoms with Gasteiger partial charge in [-0.3, -0.25) is 4.79 Å². The average molecular weight is 486 g/mol. The summed E-state index contributed by atoms with van der Waals surface area (Å²) in [5.41, 5.74) is 3.44. The predicted octanol–water partition coefficient (Wildman–Crippen LogP) is 4.05. The van der Waals surface area contributed by atoms with Gasteiger partial charge in [-0.05, 0) is 49.3 Å². The van der Waals surface area contributed by atoms with Crippen molar-refractivity contribution in [2.45, 2.75) is 50.6 Å². The molecule has 0 spiro atoms. The van der Waals surface area contributed by atoms with E-state index in [1.807, 2.05) is 29.2 Å². The number of piperazine rings is 1. The number of alkyl halides is 1. The van der Waals surface area contributed by atoms with E-state index < -0.39 is 6.17 Å².